The Morgan fingerprint density at radius 2 is 1.70 bits per heavy atom. The first-order chi connectivity index (χ1) is 13.0. The fraction of sp³-hybridized carbons (Fsp3) is 0.409. The summed E-state index contributed by atoms with van der Waals surface area (Å²) in [5.41, 5.74) is 1.57. The number of carbonyl (C=O) groups excluding carboxylic acids is 1. The monoisotopic (exact) mass is 426 g/mol. The van der Waals surface area contributed by atoms with Crippen LogP contribution in [0.4, 0.5) is 0 Å². The Kier molecular flexibility index (Phi) is 3.81. The van der Waals surface area contributed by atoms with Crippen molar-refractivity contribution in [2.45, 2.75) is 18.5 Å². The van der Waals surface area contributed by atoms with Crippen LogP contribution in [0, 0.1) is 5.41 Å². The molecule has 4 aliphatic rings. The number of methoxy groups -OCH3 is 1. The molecule has 4 nitrogen and oxygen atoms in total. The molecule has 2 aromatic rings. The second-order valence-electron chi connectivity index (χ2n) is 8.41. The number of ketones is 1. The Bertz CT molecular complexity index is 898. The molecule has 4 saturated heterocycles. The van der Waals surface area contributed by atoms with Crippen LogP contribution in [0.2, 0.25) is 0 Å². The molecule has 0 radical (unpaired) electrons. The average molecular weight is 427 g/mol. The largest absolute Gasteiger partial charge is 0.496 e. The molecule has 0 aromatic heterocycles. The van der Waals surface area contributed by atoms with Crippen LogP contribution in [0.1, 0.15) is 24.2 Å². The van der Waals surface area contributed by atoms with Gasteiger partial charge in [-0.1, -0.05) is 53.2 Å². The van der Waals surface area contributed by atoms with Crippen molar-refractivity contribution in [1.82, 2.24) is 9.80 Å². The molecule has 6 rings (SSSR count). The third kappa shape index (κ3) is 2.38. The minimum absolute atomic E-state index is 0.149. The molecule has 2 aromatic carbocycles. The number of hydrogen-bond acceptors (Lipinski definition) is 4. The van der Waals surface area contributed by atoms with E-state index in [1.54, 1.807) is 7.11 Å². The van der Waals surface area contributed by atoms with Gasteiger partial charge in [0.05, 0.1) is 24.1 Å². The zero-order chi connectivity index (χ0) is 18.8. The first-order valence-corrected chi connectivity index (χ1v) is 10.2. The predicted octanol–water partition coefficient (Wildman–Crippen LogP) is 3.61. The summed E-state index contributed by atoms with van der Waals surface area (Å²) < 4.78 is 6.72. The predicted molar refractivity (Wildman–Crippen MR) is 108 cm³/mol. The molecule has 4 aliphatic heterocycles. The topological polar surface area (TPSA) is 32.8 Å². The molecule has 5 heteroatoms. The lowest BCUT2D eigenvalue weighted by Crippen LogP contribution is -2.77. The highest BCUT2D eigenvalue weighted by atomic mass is 79.9. The standard InChI is InChI=1S/C22H23BrN2O2/c1-21-11-24-13-22(20(21)26,15-6-4-3-5-7-15)14-25(12-21)19(24)17-10-16(23)8-9-18(17)27-2/h3-10,19H,11-14H2,1-2H3. The van der Waals surface area contributed by atoms with E-state index in [4.69, 9.17) is 4.74 Å². The molecule has 4 heterocycles. The number of benzene rings is 2. The van der Waals surface area contributed by atoms with Gasteiger partial charge in [0.1, 0.15) is 5.75 Å². The molecule has 0 spiro atoms. The lowest BCUT2D eigenvalue weighted by molar-refractivity contribution is -0.186. The number of piperidine rings is 2. The molecule has 27 heavy (non-hydrogen) atoms. The van der Waals surface area contributed by atoms with Gasteiger partial charge in [0, 0.05) is 36.2 Å². The van der Waals surface area contributed by atoms with Gasteiger partial charge in [-0.2, -0.15) is 0 Å². The highest BCUT2D eigenvalue weighted by Crippen LogP contribution is 2.54. The smallest absolute Gasteiger partial charge is 0.154 e. The van der Waals surface area contributed by atoms with Crippen LogP contribution in [0.5, 0.6) is 5.75 Å². The van der Waals surface area contributed by atoms with Crippen molar-refractivity contribution in [1.29, 1.82) is 0 Å². The number of rotatable bonds is 3. The van der Waals surface area contributed by atoms with E-state index in [1.807, 2.05) is 30.3 Å². The van der Waals surface area contributed by atoms with Crippen molar-refractivity contribution < 1.29 is 9.53 Å². The molecule has 0 aliphatic carbocycles. The number of Topliss-reactive ketones (excluding diaryl/α,β-unsaturated/α-hetero) is 1. The summed E-state index contributed by atoms with van der Waals surface area (Å²) in [7, 11) is 1.73. The number of ether oxygens (including phenoxy) is 1. The molecular weight excluding hydrogens is 404 g/mol. The summed E-state index contributed by atoms with van der Waals surface area (Å²) in [5.74, 6) is 1.31. The maximum Gasteiger partial charge on any atom is 0.154 e. The number of nitrogens with zero attached hydrogens (tertiary/aromatic N) is 2. The first-order valence-electron chi connectivity index (χ1n) is 9.39. The Morgan fingerprint density at radius 1 is 1.04 bits per heavy atom. The van der Waals surface area contributed by atoms with Gasteiger partial charge < -0.3 is 4.74 Å². The summed E-state index contributed by atoms with van der Waals surface area (Å²) in [4.78, 5) is 18.5. The van der Waals surface area contributed by atoms with Crippen molar-refractivity contribution in [2.75, 3.05) is 33.3 Å². The van der Waals surface area contributed by atoms with Gasteiger partial charge in [-0.15, -0.1) is 0 Å². The van der Waals surface area contributed by atoms with E-state index in [9.17, 15) is 4.79 Å². The van der Waals surface area contributed by atoms with E-state index in [-0.39, 0.29) is 11.6 Å². The molecular formula is C22H23BrN2O2. The van der Waals surface area contributed by atoms with E-state index in [0.717, 1.165) is 42.0 Å². The highest BCUT2D eigenvalue weighted by molar-refractivity contribution is 9.10. The minimum Gasteiger partial charge on any atom is -0.496 e. The van der Waals surface area contributed by atoms with Crippen LogP contribution in [0.25, 0.3) is 0 Å². The lowest BCUT2D eigenvalue weighted by atomic mass is 9.58. The maximum atomic E-state index is 13.6. The fourth-order valence-corrected chi connectivity index (χ4v) is 5.99. The van der Waals surface area contributed by atoms with Crippen molar-refractivity contribution in [2.24, 2.45) is 5.41 Å². The third-order valence-electron chi connectivity index (χ3n) is 6.52. The average Bonchev–Trinajstić information content (AvgIpc) is 2.66. The molecule has 0 saturated carbocycles. The second-order valence-corrected chi connectivity index (χ2v) is 9.32. The van der Waals surface area contributed by atoms with Crippen LogP contribution >= 0.6 is 15.9 Å². The van der Waals surface area contributed by atoms with E-state index < -0.39 is 5.41 Å². The summed E-state index contributed by atoms with van der Waals surface area (Å²) in [6, 6.07) is 16.5. The Labute approximate surface area is 168 Å². The third-order valence-corrected chi connectivity index (χ3v) is 7.01. The van der Waals surface area contributed by atoms with Crippen LogP contribution in [0.3, 0.4) is 0 Å². The highest BCUT2D eigenvalue weighted by Gasteiger charge is 2.64. The molecule has 0 N–H and O–H groups in total. The van der Waals surface area contributed by atoms with Crippen LogP contribution < -0.4 is 4.74 Å². The maximum absolute atomic E-state index is 13.6. The quantitative estimate of drug-likeness (QED) is 0.750. The van der Waals surface area contributed by atoms with Crippen molar-refractivity contribution in [3.63, 3.8) is 0 Å². The van der Waals surface area contributed by atoms with Crippen LogP contribution in [0.15, 0.2) is 53.0 Å². The van der Waals surface area contributed by atoms with Gasteiger partial charge in [0.25, 0.3) is 0 Å². The summed E-state index contributed by atoms with van der Waals surface area (Å²) in [5, 5.41) is 0. The van der Waals surface area contributed by atoms with Gasteiger partial charge in [0.2, 0.25) is 0 Å². The lowest BCUT2D eigenvalue weighted by Gasteiger charge is -2.65. The summed E-state index contributed by atoms with van der Waals surface area (Å²) in [6.45, 7) is 5.28. The van der Waals surface area contributed by atoms with E-state index in [0.29, 0.717) is 5.78 Å². The van der Waals surface area contributed by atoms with Crippen molar-refractivity contribution >= 4 is 21.7 Å². The molecule has 140 valence electrons. The molecule has 4 bridgehead atoms. The van der Waals surface area contributed by atoms with Crippen LogP contribution in [-0.4, -0.2) is 48.9 Å². The van der Waals surface area contributed by atoms with Crippen molar-refractivity contribution in [3.05, 3.63) is 64.1 Å². The Balaban J connectivity index is 1.62. The van der Waals surface area contributed by atoms with Gasteiger partial charge in [-0.3, -0.25) is 14.6 Å². The second kappa shape index (κ2) is 5.90. The van der Waals surface area contributed by atoms with E-state index in [1.165, 1.54) is 5.56 Å². The Hall–Kier alpha value is -1.69. The van der Waals surface area contributed by atoms with Crippen LogP contribution in [-0.2, 0) is 10.2 Å². The summed E-state index contributed by atoms with van der Waals surface area (Å²) >= 11 is 3.61. The van der Waals surface area contributed by atoms with Gasteiger partial charge in [-0.05, 0) is 23.8 Å². The molecule has 0 amide bonds. The van der Waals surface area contributed by atoms with E-state index in [2.05, 4.69) is 50.9 Å². The van der Waals surface area contributed by atoms with Crippen molar-refractivity contribution in [3.8, 4) is 5.75 Å². The molecule has 2 unspecified atom stereocenters. The molecule has 2 atom stereocenters. The zero-order valence-electron chi connectivity index (χ0n) is 15.6. The zero-order valence-corrected chi connectivity index (χ0v) is 17.2. The minimum atomic E-state index is -0.428. The fourth-order valence-electron chi connectivity index (χ4n) is 5.61. The Morgan fingerprint density at radius 3 is 2.33 bits per heavy atom. The molecule has 4 fully saturated rings. The number of hydrogen-bond donors (Lipinski definition) is 0. The number of carbonyl (C=O) groups is 1. The van der Waals surface area contributed by atoms with Gasteiger partial charge >= 0.3 is 0 Å². The number of halogens is 1. The normalized spacial score (nSPS) is 36.9. The van der Waals surface area contributed by atoms with Gasteiger partial charge in [-0.25, -0.2) is 0 Å². The SMILES string of the molecule is COc1ccc(Br)cc1C1N2CC3(C)CN1CC(c1ccccc1)(C2)C3=O. The van der Waals surface area contributed by atoms with E-state index >= 15 is 0 Å². The summed E-state index contributed by atoms with van der Waals surface area (Å²) in [6.07, 6.45) is 0.149. The first kappa shape index (κ1) is 17.4. The van der Waals surface area contributed by atoms with Gasteiger partial charge in [0.15, 0.2) is 5.78 Å².